The number of nitrogens with zero attached hydrogens (tertiary/aromatic N) is 6. The predicted molar refractivity (Wildman–Crippen MR) is 61.6 cm³/mol. The van der Waals surface area contributed by atoms with Crippen LogP contribution in [0, 0.1) is 0 Å². The van der Waals surface area contributed by atoms with Gasteiger partial charge in [-0.15, -0.1) is 0 Å². The second-order valence-corrected chi connectivity index (χ2v) is 4.63. The van der Waals surface area contributed by atoms with Crippen LogP contribution in [0.3, 0.4) is 0 Å². The number of nitrogens with two attached hydrogens (primary N) is 1. The molecule has 9 heteroatoms. The molecule has 8 nitrogen and oxygen atoms in total. The molecule has 0 aliphatic carbocycles. The van der Waals surface area contributed by atoms with Crippen molar-refractivity contribution in [3.63, 3.8) is 0 Å². The van der Waals surface area contributed by atoms with Gasteiger partial charge in [-0.25, -0.2) is 4.98 Å². The van der Waals surface area contributed by atoms with Crippen LogP contribution >= 0.6 is 11.8 Å². The molecule has 2 rings (SSSR count). The largest absolute Gasteiger partial charge is 0.395 e. The Bertz CT molecular complexity index is 489. The Balaban J connectivity index is 2.30. The van der Waals surface area contributed by atoms with Crippen LogP contribution in [0.4, 0.5) is 5.95 Å². The lowest BCUT2D eigenvalue weighted by atomic mass is 10.5. The topological polar surface area (TPSA) is 116 Å². The van der Waals surface area contributed by atoms with E-state index in [-0.39, 0.29) is 17.8 Å². The molecule has 17 heavy (non-hydrogen) atoms. The van der Waals surface area contributed by atoms with Crippen LogP contribution in [0.1, 0.15) is 6.92 Å². The maximum absolute atomic E-state index is 8.97. The van der Waals surface area contributed by atoms with Gasteiger partial charge in [0.05, 0.1) is 6.61 Å². The van der Waals surface area contributed by atoms with E-state index in [4.69, 9.17) is 10.8 Å². The number of aliphatic hydroxyl groups excluding tert-OH is 1. The maximum Gasteiger partial charge on any atom is 0.257 e. The van der Waals surface area contributed by atoms with Crippen LogP contribution in [0.2, 0.25) is 0 Å². The van der Waals surface area contributed by atoms with Crippen LogP contribution < -0.4 is 5.73 Å². The smallest absolute Gasteiger partial charge is 0.257 e. The van der Waals surface area contributed by atoms with Crippen LogP contribution in [0.5, 0.6) is 0 Å². The fourth-order valence-electron chi connectivity index (χ4n) is 1.04. The number of aliphatic hydroxyl groups is 1. The number of anilines is 1. The second-order valence-electron chi connectivity index (χ2n) is 3.23. The highest BCUT2D eigenvalue weighted by atomic mass is 32.2. The number of rotatable bonds is 4. The van der Waals surface area contributed by atoms with E-state index in [2.05, 4.69) is 25.0 Å². The molecule has 0 aliphatic rings. The van der Waals surface area contributed by atoms with Gasteiger partial charge in [0.2, 0.25) is 5.95 Å². The van der Waals surface area contributed by atoms with E-state index in [0.717, 1.165) is 0 Å². The van der Waals surface area contributed by atoms with Crippen molar-refractivity contribution in [2.24, 2.45) is 0 Å². The van der Waals surface area contributed by atoms with Crippen molar-refractivity contribution in [3.8, 4) is 5.95 Å². The van der Waals surface area contributed by atoms with Crippen molar-refractivity contribution < 1.29 is 5.11 Å². The summed E-state index contributed by atoms with van der Waals surface area (Å²) in [5.74, 6) is 0.417. The Morgan fingerprint density at radius 3 is 2.94 bits per heavy atom. The van der Waals surface area contributed by atoms with Gasteiger partial charge in [-0.3, -0.25) is 0 Å². The minimum Gasteiger partial charge on any atom is -0.395 e. The molecule has 0 saturated heterocycles. The van der Waals surface area contributed by atoms with Crippen molar-refractivity contribution in [2.45, 2.75) is 17.3 Å². The molecule has 90 valence electrons. The summed E-state index contributed by atoms with van der Waals surface area (Å²) >= 11 is 1.32. The minimum absolute atomic E-state index is 0.0135. The Kier molecular flexibility index (Phi) is 3.49. The zero-order valence-corrected chi connectivity index (χ0v) is 9.87. The Morgan fingerprint density at radius 1 is 1.47 bits per heavy atom. The lowest BCUT2D eigenvalue weighted by Gasteiger charge is -2.07. The Labute approximate surface area is 101 Å². The number of thioether (sulfide) groups is 1. The first-order valence-electron chi connectivity index (χ1n) is 4.83. The fourth-order valence-corrected chi connectivity index (χ4v) is 1.76. The number of hydrogen-bond donors (Lipinski definition) is 2. The van der Waals surface area contributed by atoms with E-state index in [1.54, 1.807) is 0 Å². The van der Waals surface area contributed by atoms with Crippen LogP contribution in [-0.4, -0.2) is 46.7 Å². The first kappa shape index (κ1) is 11.7. The standard InChI is InChI=1S/C8H11N7OS/c1-5(2-16)17-8-13-6(9)12-7(14-8)15-4-10-3-11-15/h3-5,16H,2H2,1H3,(H2,9,12,13,14). The molecule has 0 radical (unpaired) electrons. The van der Waals surface area contributed by atoms with Crippen LogP contribution in [-0.2, 0) is 0 Å². The lowest BCUT2D eigenvalue weighted by molar-refractivity contribution is 0.300. The molecule has 0 aromatic carbocycles. The fraction of sp³-hybridized carbons (Fsp3) is 0.375. The summed E-state index contributed by atoms with van der Waals surface area (Å²) in [6, 6.07) is 0. The van der Waals surface area contributed by atoms with Crippen molar-refractivity contribution in [3.05, 3.63) is 12.7 Å². The average molecular weight is 253 g/mol. The molecule has 2 aromatic rings. The van der Waals surface area contributed by atoms with Gasteiger partial charge in [0, 0.05) is 5.25 Å². The van der Waals surface area contributed by atoms with E-state index in [0.29, 0.717) is 11.1 Å². The third kappa shape index (κ3) is 2.88. The summed E-state index contributed by atoms with van der Waals surface area (Å²) in [7, 11) is 0. The molecule has 0 saturated carbocycles. The van der Waals surface area contributed by atoms with Gasteiger partial charge in [-0.2, -0.15) is 24.7 Å². The molecule has 1 unspecified atom stereocenters. The molecule has 0 bridgehead atoms. The van der Waals surface area contributed by atoms with Gasteiger partial charge in [0.15, 0.2) is 5.16 Å². The van der Waals surface area contributed by atoms with Crippen LogP contribution in [0.25, 0.3) is 5.95 Å². The molecule has 2 aromatic heterocycles. The van der Waals surface area contributed by atoms with Crippen molar-refractivity contribution in [1.29, 1.82) is 0 Å². The first-order chi connectivity index (χ1) is 8.19. The zero-order valence-electron chi connectivity index (χ0n) is 9.06. The van der Waals surface area contributed by atoms with Gasteiger partial charge in [-0.05, 0) is 0 Å². The van der Waals surface area contributed by atoms with E-state index < -0.39 is 0 Å². The first-order valence-corrected chi connectivity index (χ1v) is 5.71. The quantitative estimate of drug-likeness (QED) is 0.701. The highest BCUT2D eigenvalue weighted by molar-refractivity contribution is 7.99. The summed E-state index contributed by atoms with van der Waals surface area (Å²) in [5.41, 5.74) is 5.58. The van der Waals surface area contributed by atoms with Crippen LogP contribution in [0.15, 0.2) is 17.8 Å². The molecule has 0 spiro atoms. The molecule has 2 heterocycles. The SMILES string of the molecule is CC(CO)Sc1nc(N)nc(-n2cncn2)n1. The van der Waals surface area contributed by atoms with Gasteiger partial charge >= 0.3 is 0 Å². The van der Waals surface area contributed by atoms with E-state index in [1.165, 1.54) is 29.1 Å². The third-order valence-electron chi connectivity index (χ3n) is 1.81. The highest BCUT2D eigenvalue weighted by Gasteiger charge is 2.10. The molecule has 3 N–H and O–H groups in total. The second kappa shape index (κ2) is 5.06. The molecular weight excluding hydrogens is 242 g/mol. The number of nitrogen functional groups attached to an aromatic ring is 1. The normalized spacial score (nSPS) is 12.6. The summed E-state index contributed by atoms with van der Waals surface area (Å²) < 4.78 is 1.39. The molecule has 0 fully saturated rings. The number of aromatic nitrogens is 6. The Morgan fingerprint density at radius 2 is 2.29 bits per heavy atom. The summed E-state index contributed by atoms with van der Waals surface area (Å²) in [4.78, 5) is 15.9. The van der Waals surface area contributed by atoms with E-state index in [9.17, 15) is 0 Å². The zero-order chi connectivity index (χ0) is 12.3. The highest BCUT2D eigenvalue weighted by Crippen LogP contribution is 2.19. The summed E-state index contributed by atoms with van der Waals surface area (Å²) in [6.45, 7) is 1.90. The van der Waals surface area contributed by atoms with Crippen molar-refractivity contribution >= 4 is 17.7 Å². The summed E-state index contributed by atoms with van der Waals surface area (Å²) in [5, 5.41) is 13.3. The van der Waals surface area contributed by atoms with Gasteiger partial charge in [-0.1, -0.05) is 18.7 Å². The van der Waals surface area contributed by atoms with Gasteiger partial charge in [0.1, 0.15) is 12.7 Å². The Hall–Kier alpha value is -1.74. The molecule has 0 amide bonds. The average Bonchev–Trinajstić information content (AvgIpc) is 2.81. The summed E-state index contributed by atoms with van der Waals surface area (Å²) in [6.07, 6.45) is 2.85. The molecular formula is C8H11N7OS. The number of hydrogen-bond acceptors (Lipinski definition) is 8. The monoisotopic (exact) mass is 253 g/mol. The maximum atomic E-state index is 8.97. The minimum atomic E-state index is -0.0135. The lowest BCUT2D eigenvalue weighted by Crippen LogP contribution is -2.10. The van der Waals surface area contributed by atoms with Gasteiger partial charge < -0.3 is 10.8 Å². The molecule has 0 aliphatic heterocycles. The van der Waals surface area contributed by atoms with Crippen molar-refractivity contribution in [1.82, 2.24) is 29.7 Å². The molecule has 1 atom stereocenters. The van der Waals surface area contributed by atoms with E-state index >= 15 is 0 Å². The van der Waals surface area contributed by atoms with Crippen molar-refractivity contribution in [2.75, 3.05) is 12.3 Å². The van der Waals surface area contributed by atoms with Gasteiger partial charge in [0.25, 0.3) is 5.95 Å². The predicted octanol–water partition coefficient (Wildman–Crippen LogP) is -0.493. The third-order valence-corrected chi connectivity index (χ3v) is 2.75. The van der Waals surface area contributed by atoms with E-state index in [1.807, 2.05) is 6.92 Å².